The smallest absolute Gasteiger partial charge is 0.328 e. The fourth-order valence-corrected chi connectivity index (χ4v) is 1.47. The van der Waals surface area contributed by atoms with E-state index in [-0.39, 0.29) is 5.25 Å². The van der Waals surface area contributed by atoms with E-state index >= 15 is 0 Å². The summed E-state index contributed by atoms with van der Waals surface area (Å²) in [7, 11) is -0.782. The third kappa shape index (κ3) is 8.32. The molecule has 2 N–H and O–H groups in total. The molecule has 0 saturated carbocycles. The number of nitrogens with one attached hydrogen (secondary N) is 1. The molecule has 0 aromatic heterocycles. The molecule has 0 aromatic rings. The van der Waals surface area contributed by atoms with Crippen LogP contribution in [0.25, 0.3) is 0 Å². The summed E-state index contributed by atoms with van der Waals surface area (Å²) in [5.74, 6) is -0.919. The highest BCUT2D eigenvalue weighted by molar-refractivity contribution is 7.84. The molecule has 2 atom stereocenters. The molecular weight excluding hydrogens is 214 g/mol. The lowest BCUT2D eigenvalue weighted by Crippen LogP contribution is -2.22. The zero-order chi connectivity index (χ0) is 11.8. The second-order valence-electron chi connectivity index (χ2n) is 3.60. The van der Waals surface area contributed by atoms with Crippen molar-refractivity contribution in [2.75, 3.05) is 19.3 Å². The van der Waals surface area contributed by atoms with Crippen molar-refractivity contribution in [3.8, 4) is 0 Å². The fourth-order valence-electron chi connectivity index (χ4n) is 1.02. The van der Waals surface area contributed by atoms with Crippen molar-refractivity contribution in [2.24, 2.45) is 0 Å². The zero-order valence-corrected chi connectivity index (χ0v) is 10.3. The largest absolute Gasteiger partial charge is 0.478 e. The molecule has 88 valence electrons. The maximum atomic E-state index is 11.0. The van der Waals surface area contributed by atoms with Crippen LogP contribution in [0.15, 0.2) is 11.6 Å². The van der Waals surface area contributed by atoms with Crippen LogP contribution in [0.2, 0.25) is 0 Å². The van der Waals surface area contributed by atoms with E-state index in [0.29, 0.717) is 6.54 Å². The van der Waals surface area contributed by atoms with Gasteiger partial charge < -0.3 is 10.4 Å². The Morgan fingerprint density at radius 3 is 2.67 bits per heavy atom. The van der Waals surface area contributed by atoms with E-state index in [1.807, 2.05) is 6.92 Å². The van der Waals surface area contributed by atoms with E-state index < -0.39 is 16.8 Å². The predicted molar refractivity (Wildman–Crippen MR) is 62.4 cm³/mol. The van der Waals surface area contributed by atoms with Crippen LogP contribution in [0, 0.1) is 0 Å². The summed E-state index contributed by atoms with van der Waals surface area (Å²) in [6.45, 7) is 5.03. The van der Waals surface area contributed by atoms with Gasteiger partial charge in [-0.25, -0.2) is 4.79 Å². The van der Waals surface area contributed by atoms with Crippen molar-refractivity contribution in [3.63, 3.8) is 0 Å². The Hall–Kier alpha value is -0.680. The standard InChI is InChI=1S/C10H19NO3S/c1-8(6-10(12)13)7-11-5-4-9(2)15(3)14/h6,9,11H,4-5,7H2,1-3H3,(H,12,13). The summed E-state index contributed by atoms with van der Waals surface area (Å²) in [4.78, 5) is 10.3. The maximum absolute atomic E-state index is 11.0. The monoisotopic (exact) mass is 233 g/mol. The van der Waals surface area contributed by atoms with Crippen molar-refractivity contribution in [3.05, 3.63) is 11.6 Å². The molecular formula is C10H19NO3S. The highest BCUT2D eigenvalue weighted by atomic mass is 32.2. The van der Waals surface area contributed by atoms with Crippen LogP contribution in [0.4, 0.5) is 0 Å². The Balaban J connectivity index is 3.63. The quantitative estimate of drug-likeness (QED) is 0.503. The Morgan fingerprint density at radius 1 is 1.60 bits per heavy atom. The van der Waals surface area contributed by atoms with Crippen molar-refractivity contribution in [1.29, 1.82) is 0 Å². The number of hydrogen-bond donors (Lipinski definition) is 2. The molecule has 15 heavy (non-hydrogen) atoms. The molecule has 0 aliphatic heterocycles. The second-order valence-corrected chi connectivity index (χ2v) is 5.41. The van der Waals surface area contributed by atoms with E-state index in [1.54, 1.807) is 13.2 Å². The SMILES string of the molecule is CC(=CC(=O)O)CNCCC(C)S(C)=O. The van der Waals surface area contributed by atoms with Crippen LogP contribution in [0.1, 0.15) is 20.3 Å². The first kappa shape index (κ1) is 14.3. The first-order valence-electron chi connectivity index (χ1n) is 4.86. The normalized spacial score (nSPS) is 16.1. The third-order valence-corrected chi connectivity index (χ3v) is 3.44. The molecule has 4 nitrogen and oxygen atoms in total. The Labute approximate surface area is 93.2 Å². The highest BCUT2D eigenvalue weighted by Crippen LogP contribution is 1.97. The van der Waals surface area contributed by atoms with Crippen molar-refractivity contribution in [2.45, 2.75) is 25.5 Å². The molecule has 0 amide bonds. The second kappa shape index (κ2) is 7.59. The zero-order valence-electron chi connectivity index (χ0n) is 9.45. The first-order chi connectivity index (χ1) is 6.93. The first-order valence-corrected chi connectivity index (χ1v) is 6.48. The number of rotatable bonds is 7. The maximum Gasteiger partial charge on any atom is 0.328 e. The van der Waals surface area contributed by atoms with E-state index in [4.69, 9.17) is 5.11 Å². The predicted octanol–water partition coefficient (Wildman–Crippen LogP) is 0.764. The number of aliphatic carboxylic acids is 1. The molecule has 0 bridgehead atoms. The minimum Gasteiger partial charge on any atom is -0.478 e. The molecule has 0 heterocycles. The van der Waals surface area contributed by atoms with Gasteiger partial charge in [0.25, 0.3) is 0 Å². The Bertz CT molecular complexity index is 263. The van der Waals surface area contributed by atoms with Gasteiger partial charge in [0.1, 0.15) is 0 Å². The van der Waals surface area contributed by atoms with E-state index in [0.717, 1.165) is 18.5 Å². The summed E-state index contributed by atoms with van der Waals surface area (Å²) < 4.78 is 11.0. The summed E-state index contributed by atoms with van der Waals surface area (Å²) in [5, 5.41) is 11.7. The van der Waals surface area contributed by atoms with Crippen LogP contribution in [0.5, 0.6) is 0 Å². The molecule has 0 radical (unpaired) electrons. The number of carbonyl (C=O) groups is 1. The van der Waals surface area contributed by atoms with Crippen molar-refractivity contribution in [1.82, 2.24) is 5.32 Å². The van der Waals surface area contributed by atoms with E-state index in [2.05, 4.69) is 5.32 Å². The highest BCUT2D eigenvalue weighted by Gasteiger charge is 2.04. The van der Waals surface area contributed by atoms with Crippen LogP contribution in [0.3, 0.4) is 0 Å². The lowest BCUT2D eigenvalue weighted by atomic mass is 10.2. The van der Waals surface area contributed by atoms with Gasteiger partial charge in [0.2, 0.25) is 0 Å². The number of carboxylic acids is 1. The third-order valence-electron chi connectivity index (χ3n) is 2.07. The van der Waals surface area contributed by atoms with Crippen LogP contribution in [-0.4, -0.2) is 39.9 Å². The molecule has 0 spiro atoms. The number of hydrogen-bond acceptors (Lipinski definition) is 3. The molecule has 0 aromatic carbocycles. The molecule has 0 saturated heterocycles. The average molecular weight is 233 g/mol. The average Bonchev–Trinajstić information content (AvgIpc) is 2.10. The summed E-state index contributed by atoms with van der Waals surface area (Å²) in [5.41, 5.74) is 0.785. The van der Waals surface area contributed by atoms with Gasteiger partial charge in [-0.15, -0.1) is 0 Å². The van der Waals surface area contributed by atoms with E-state index in [9.17, 15) is 9.00 Å². The van der Waals surface area contributed by atoms with Crippen molar-refractivity contribution < 1.29 is 14.1 Å². The summed E-state index contributed by atoms with van der Waals surface area (Å²) in [6, 6.07) is 0. The van der Waals surface area contributed by atoms with Gasteiger partial charge in [-0.3, -0.25) is 4.21 Å². The lowest BCUT2D eigenvalue weighted by Gasteiger charge is -2.08. The van der Waals surface area contributed by atoms with Crippen LogP contribution >= 0.6 is 0 Å². The van der Waals surface area contributed by atoms with Crippen LogP contribution in [-0.2, 0) is 15.6 Å². The topological polar surface area (TPSA) is 66.4 Å². The van der Waals surface area contributed by atoms with Gasteiger partial charge in [0, 0.05) is 34.9 Å². The number of carboxylic acid groups (broad SMARTS) is 1. The van der Waals surface area contributed by atoms with Gasteiger partial charge in [0.15, 0.2) is 0 Å². The van der Waals surface area contributed by atoms with Gasteiger partial charge in [0.05, 0.1) is 0 Å². The molecule has 0 aliphatic carbocycles. The van der Waals surface area contributed by atoms with Crippen LogP contribution < -0.4 is 5.32 Å². The molecule has 5 heteroatoms. The summed E-state index contributed by atoms with van der Waals surface area (Å²) in [6.07, 6.45) is 3.72. The molecule has 0 aliphatic rings. The minimum atomic E-state index is -0.919. The van der Waals surface area contributed by atoms with Gasteiger partial charge in [-0.1, -0.05) is 12.5 Å². The Kier molecular flexibility index (Phi) is 7.25. The molecule has 2 unspecified atom stereocenters. The molecule has 0 rings (SSSR count). The van der Waals surface area contributed by atoms with Gasteiger partial charge >= 0.3 is 5.97 Å². The Morgan fingerprint density at radius 2 is 2.20 bits per heavy atom. The van der Waals surface area contributed by atoms with E-state index in [1.165, 1.54) is 6.08 Å². The van der Waals surface area contributed by atoms with Gasteiger partial charge in [-0.2, -0.15) is 0 Å². The lowest BCUT2D eigenvalue weighted by molar-refractivity contribution is -0.131. The molecule has 0 fully saturated rings. The van der Waals surface area contributed by atoms with Crippen molar-refractivity contribution >= 4 is 16.8 Å². The van der Waals surface area contributed by atoms with Gasteiger partial charge in [-0.05, 0) is 19.9 Å². The minimum absolute atomic E-state index is 0.182. The summed E-state index contributed by atoms with van der Waals surface area (Å²) >= 11 is 0. The fraction of sp³-hybridized carbons (Fsp3) is 0.700.